The highest BCUT2D eigenvalue weighted by atomic mass is 32.2. The van der Waals surface area contributed by atoms with Crippen LogP contribution in [0.3, 0.4) is 0 Å². The van der Waals surface area contributed by atoms with Gasteiger partial charge in [-0.3, -0.25) is 0 Å². The van der Waals surface area contributed by atoms with E-state index in [2.05, 4.69) is 4.74 Å². The number of hydrogen-bond donors (Lipinski definition) is 1. The maximum Gasteiger partial charge on any atom is 0.337 e. The van der Waals surface area contributed by atoms with Crippen LogP contribution < -0.4 is 0 Å². The lowest BCUT2D eigenvalue weighted by atomic mass is 10.0. The van der Waals surface area contributed by atoms with Crippen LogP contribution in [0.4, 0.5) is 0 Å². The van der Waals surface area contributed by atoms with Gasteiger partial charge in [0.15, 0.2) is 0 Å². The highest BCUT2D eigenvalue weighted by molar-refractivity contribution is 7.72. The van der Waals surface area contributed by atoms with E-state index in [9.17, 15) is 13.2 Å². The maximum absolute atomic E-state index is 11.2. The van der Waals surface area contributed by atoms with E-state index in [-0.39, 0.29) is 11.7 Å². The number of carbonyl (C=O) groups excluding carboxylic acids is 1. The summed E-state index contributed by atoms with van der Waals surface area (Å²) in [5.74, 6) is -0.252. The van der Waals surface area contributed by atoms with Crippen molar-refractivity contribution in [1.29, 1.82) is 0 Å². The third kappa shape index (κ3) is 3.34. The summed E-state index contributed by atoms with van der Waals surface area (Å²) in [5, 5.41) is 0. The van der Waals surface area contributed by atoms with Crippen LogP contribution in [0.15, 0.2) is 18.2 Å². The summed E-state index contributed by atoms with van der Waals surface area (Å²) in [6.07, 6.45) is 0.478. The highest BCUT2D eigenvalue weighted by Gasteiger charge is 2.07. The van der Waals surface area contributed by atoms with Crippen LogP contribution in [-0.4, -0.2) is 27.2 Å². The molecule has 0 aliphatic carbocycles. The molecule has 0 N–H and O–H groups in total. The summed E-state index contributed by atoms with van der Waals surface area (Å²) < 4.78 is 25.5. The normalized spacial score (nSPS) is 10.4. The van der Waals surface area contributed by atoms with Gasteiger partial charge in [0.05, 0.1) is 18.4 Å². The smallest absolute Gasteiger partial charge is 0.337 e. The monoisotopic (exact) mass is 242 g/mol. The Labute approximate surface area is 96.2 Å². The topological polar surface area (TPSA) is 60.4 Å². The third-order valence-corrected chi connectivity index (χ3v) is 2.92. The molecule has 1 rings (SSSR count). The SMILES string of the molecule is COC(=O)c1ccc(CC[SH](=O)=O)c(C)c1. The average Bonchev–Trinajstić information content (AvgIpc) is 2.26. The second-order valence-electron chi connectivity index (χ2n) is 3.44. The van der Waals surface area contributed by atoms with E-state index in [1.54, 1.807) is 18.2 Å². The number of benzene rings is 1. The van der Waals surface area contributed by atoms with Crippen molar-refractivity contribution in [2.45, 2.75) is 13.3 Å². The summed E-state index contributed by atoms with van der Waals surface area (Å²) in [4.78, 5) is 11.2. The molecular formula is C11H14O4S. The molecule has 88 valence electrons. The van der Waals surface area contributed by atoms with Crippen LogP contribution in [0.5, 0.6) is 0 Å². The Kier molecular flexibility index (Phi) is 4.49. The zero-order valence-electron chi connectivity index (χ0n) is 9.23. The van der Waals surface area contributed by atoms with Crippen LogP contribution >= 0.6 is 0 Å². The van der Waals surface area contributed by atoms with E-state index in [0.29, 0.717) is 12.0 Å². The lowest BCUT2D eigenvalue weighted by Gasteiger charge is -2.05. The lowest BCUT2D eigenvalue weighted by Crippen LogP contribution is -2.03. The van der Waals surface area contributed by atoms with Crippen molar-refractivity contribution in [2.24, 2.45) is 0 Å². The van der Waals surface area contributed by atoms with Gasteiger partial charge >= 0.3 is 5.97 Å². The maximum atomic E-state index is 11.2. The van der Waals surface area contributed by atoms with E-state index >= 15 is 0 Å². The van der Waals surface area contributed by atoms with Crippen LogP contribution in [0.1, 0.15) is 21.5 Å². The number of esters is 1. The van der Waals surface area contributed by atoms with Gasteiger partial charge in [-0.15, -0.1) is 0 Å². The first-order valence-corrected chi connectivity index (χ1v) is 6.20. The standard InChI is InChI=1S/C11H14O4S/c1-8-7-10(11(12)15-2)4-3-9(8)5-6-16(13)14/h3-4,7,16H,5-6H2,1-2H3. The van der Waals surface area contributed by atoms with Gasteiger partial charge in [0.2, 0.25) is 0 Å². The average molecular weight is 242 g/mol. The zero-order valence-corrected chi connectivity index (χ0v) is 10.1. The van der Waals surface area contributed by atoms with Crippen molar-refractivity contribution in [3.8, 4) is 0 Å². The lowest BCUT2D eigenvalue weighted by molar-refractivity contribution is 0.0600. The highest BCUT2D eigenvalue weighted by Crippen LogP contribution is 2.12. The number of methoxy groups -OCH3 is 1. The van der Waals surface area contributed by atoms with Crippen LogP contribution in [0.2, 0.25) is 0 Å². The Bertz CT molecular complexity index is 455. The molecule has 1 aromatic rings. The summed E-state index contributed by atoms with van der Waals surface area (Å²) in [7, 11) is -1.02. The number of carbonyl (C=O) groups is 1. The molecule has 1 aromatic carbocycles. The van der Waals surface area contributed by atoms with E-state index in [0.717, 1.165) is 11.1 Å². The van der Waals surface area contributed by atoms with Crippen LogP contribution in [-0.2, 0) is 21.9 Å². The van der Waals surface area contributed by atoms with Crippen LogP contribution in [0.25, 0.3) is 0 Å². The number of ether oxygens (including phenoxy) is 1. The third-order valence-electron chi connectivity index (χ3n) is 2.33. The van der Waals surface area contributed by atoms with Crippen molar-refractivity contribution < 1.29 is 17.9 Å². The van der Waals surface area contributed by atoms with Gasteiger partial charge in [-0.05, 0) is 36.6 Å². The van der Waals surface area contributed by atoms with Gasteiger partial charge in [-0.2, -0.15) is 0 Å². The number of thiol groups is 1. The van der Waals surface area contributed by atoms with E-state index < -0.39 is 10.7 Å². The Morgan fingerprint density at radius 3 is 2.56 bits per heavy atom. The second kappa shape index (κ2) is 5.65. The first-order valence-electron chi connectivity index (χ1n) is 4.84. The quantitative estimate of drug-likeness (QED) is 0.630. The molecule has 16 heavy (non-hydrogen) atoms. The summed E-state index contributed by atoms with van der Waals surface area (Å²) in [6.45, 7) is 1.85. The molecule has 0 bridgehead atoms. The largest absolute Gasteiger partial charge is 0.465 e. The van der Waals surface area contributed by atoms with E-state index in [1.165, 1.54) is 7.11 Å². The molecule has 0 unspecified atom stereocenters. The van der Waals surface area contributed by atoms with E-state index in [1.807, 2.05) is 6.92 Å². The second-order valence-corrected chi connectivity index (χ2v) is 4.55. The molecule has 0 saturated heterocycles. The van der Waals surface area contributed by atoms with E-state index in [4.69, 9.17) is 0 Å². The fourth-order valence-electron chi connectivity index (χ4n) is 1.43. The molecule has 0 atom stereocenters. The fourth-order valence-corrected chi connectivity index (χ4v) is 1.86. The first kappa shape index (κ1) is 12.7. The van der Waals surface area contributed by atoms with Crippen molar-refractivity contribution in [2.75, 3.05) is 12.9 Å². The Morgan fingerprint density at radius 2 is 2.06 bits per heavy atom. The Hall–Kier alpha value is -1.36. The molecule has 0 spiro atoms. The van der Waals surface area contributed by atoms with Crippen molar-refractivity contribution >= 4 is 16.7 Å². The molecule has 0 fully saturated rings. The molecule has 0 radical (unpaired) electrons. The zero-order chi connectivity index (χ0) is 12.1. The molecule has 0 heterocycles. The summed E-state index contributed by atoms with van der Waals surface area (Å²) >= 11 is 0. The number of rotatable bonds is 4. The van der Waals surface area contributed by atoms with Gasteiger partial charge < -0.3 is 4.74 Å². The van der Waals surface area contributed by atoms with Crippen molar-refractivity contribution in [3.05, 3.63) is 34.9 Å². The molecule has 0 aliphatic heterocycles. The van der Waals surface area contributed by atoms with Gasteiger partial charge in [0.25, 0.3) is 0 Å². The Balaban J connectivity index is 2.87. The van der Waals surface area contributed by atoms with Crippen molar-refractivity contribution in [3.63, 3.8) is 0 Å². The molecule has 4 nitrogen and oxygen atoms in total. The van der Waals surface area contributed by atoms with Gasteiger partial charge in [0, 0.05) is 0 Å². The minimum Gasteiger partial charge on any atom is -0.465 e. The minimum atomic E-state index is -2.35. The molecular weight excluding hydrogens is 228 g/mol. The summed E-state index contributed by atoms with van der Waals surface area (Å²) in [5.41, 5.74) is 2.32. The molecule has 0 amide bonds. The number of aryl methyl sites for hydroxylation is 2. The van der Waals surface area contributed by atoms with Gasteiger partial charge in [0.1, 0.15) is 10.7 Å². The predicted molar refractivity (Wildman–Crippen MR) is 61.4 cm³/mol. The predicted octanol–water partition coefficient (Wildman–Crippen LogP) is 0.936. The summed E-state index contributed by atoms with van der Waals surface area (Å²) in [6, 6.07) is 5.12. The molecule has 5 heteroatoms. The van der Waals surface area contributed by atoms with Crippen molar-refractivity contribution in [1.82, 2.24) is 0 Å². The fraction of sp³-hybridized carbons (Fsp3) is 0.364. The van der Waals surface area contributed by atoms with Gasteiger partial charge in [-0.1, -0.05) is 6.07 Å². The molecule has 0 aromatic heterocycles. The van der Waals surface area contributed by atoms with Gasteiger partial charge in [-0.25, -0.2) is 13.2 Å². The van der Waals surface area contributed by atoms with Crippen LogP contribution in [0, 0.1) is 6.92 Å². The minimum absolute atomic E-state index is 0.133. The number of hydrogen-bond acceptors (Lipinski definition) is 4. The molecule has 0 saturated carbocycles. The first-order chi connectivity index (χ1) is 7.54. The Morgan fingerprint density at radius 1 is 1.38 bits per heavy atom. The molecule has 0 aliphatic rings.